The zero-order valence-corrected chi connectivity index (χ0v) is 7.78. The molecule has 1 heterocycles. The van der Waals surface area contributed by atoms with Crippen LogP contribution in [0.15, 0.2) is 0 Å². The maximum atomic E-state index is 9.62. The number of aliphatic hydroxyl groups is 1. The third-order valence-corrected chi connectivity index (χ3v) is 2.32. The molecule has 4 nitrogen and oxygen atoms in total. The molecule has 1 unspecified atom stereocenters. The number of rotatable bonds is 2. The molecule has 1 aliphatic rings. The van der Waals surface area contributed by atoms with Crippen LogP contribution in [0.3, 0.4) is 0 Å². The molecule has 2 N–H and O–H groups in total. The van der Waals surface area contributed by atoms with Crippen LogP contribution in [0.4, 0.5) is 0 Å². The van der Waals surface area contributed by atoms with E-state index in [4.69, 9.17) is 9.47 Å². The van der Waals surface area contributed by atoms with Gasteiger partial charge in [0.2, 0.25) is 0 Å². The van der Waals surface area contributed by atoms with Crippen LogP contribution in [0.5, 0.6) is 0 Å². The van der Waals surface area contributed by atoms with Gasteiger partial charge in [0, 0.05) is 13.5 Å². The van der Waals surface area contributed by atoms with Gasteiger partial charge in [-0.1, -0.05) is 0 Å². The molecule has 0 aliphatic carbocycles. The third kappa shape index (κ3) is 1.95. The van der Waals surface area contributed by atoms with Gasteiger partial charge in [0.05, 0.1) is 18.2 Å². The predicted octanol–water partition coefficient (Wildman–Crippen LogP) is -0.283. The van der Waals surface area contributed by atoms with Crippen molar-refractivity contribution in [1.82, 2.24) is 5.32 Å². The van der Waals surface area contributed by atoms with Crippen LogP contribution in [-0.2, 0) is 9.47 Å². The van der Waals surface area contributed by atoms with Gasteiger partial charge in [-0.3, -0.25) is 0 Å². The van der Waals surface area contributed by atoms with Gasteiger partial charge in [-0.25, -0.2) is 0 Å². The summed E-state index contributed by atoms with van der Waals surface area (Å²) < 4.78 is 10.5. The van der Waals surface area contributed by atoms with E-state index in [0.29, 0.717) is 6.42 Å². The van der Waals surface area contributed by atoms with Crippen LogP contribution in [0.25, 0.3) is 0 Å². The van der Waals surface area contributed by atoms with Crippen molar-refractivity contribution in [1.29, 1.82) is 0 Å². The van der Waals surface area contributed by atoms with E-state index < -0.39 is 0 Å². The Balaban J connectivity index is 2.51. The first-order valence-electron chi connectivity index (χ1n) is 4.22. The minimum Gasteiger partial charge on any atom is -0.391 e. The number of methoxy groups -OCH3 is 1. The summed E-state index contributed by atoms with van der Waals surface area (Å²) in [4.78, 5) is 0. The predicted molar refractivity (Wildman–Crippen MR) is 44.8 cm³/mol. The van der Waals surface area contributed by atoms with E-state index in [0.717, 1.165) is 0 Å². The molecule has 0 saturated carbocycles. The first kappa shape index (κ1) is 9.92. The lowest BCUT2D eigenvalue weighted by Crippen LogP contribution is -2.53. The Morgan fingerprint density at radius 2 is 2.25 bits per heavy atom. The van der Waals surface area contributed by atoms with Gasteiger partial charge in [-0.15, -0.1) is 0 Å². The number of aliphatic hydroxyl groups excluding tert-OH is 1. The average Bonchev–Trinajstić information content (AvgIpc) is 2.03. The van der Waals surface area contributed by atoms with E-state index in [1.54, 1.807) is 7.11 Å². The quantitative estimate of drug-likeness (QED) is 0.606. The fourth-order valence-corrected chi connectivity index (χ4v) is 1.62. The number of hydrogen-bond donors (Lipinski definition) is 2. The first-order valence-corrected chi connectivity index (χ1v) is 4.22. The topological polar surface area (TPSA) is 50.7 Å². The van der Waals surface area contributed by atoms with Crippen molar-refractivity contribution >= 4 is 0 Å². The standard InChI is InChI=1S/C8H17NO3/c1-5-8(9-2)6(10)4-7(11-3)12-5/h5-10H,4H2,1-3H3/t5-,6-,7?,8+/m0/s1. The fraction of sp³-hybridized carbons (Fsp3) is 1.00. The molecule has 1 rings (SSSR count). The second kappa shape index (κ2) is 4.18. The van der Waals surface area contributed by atoms with Gasteiger partial charge in [0.1, 0.15) is 0 Å². The highest BCUT2D eigenvalue weighted by Crippen LogP contribution is 2.19. The Morgan fingerprint density at radius 3 is 2.67 bits per heavy atom. The lowest BCUT2D eigenvalue weighted by molar-refractivity contribution is -0.209. The van der Waals surface area contributed by atoms with Gasteiger partial charge in [0.15, 0.2) is 6.29 Å². The minimum atomic E-state index is -0.385. The molecule has 0 bridgehead atoms. The van der Waals surface area contributed by atoms with E-state index in [9.17, 15) is 5.11 Å². The second-order valence-electron chi connectivity index (χ2n) is 3.12. The van der Waals surface area contributed by atoms with Gasteiger partial charge in [0.25, 0.3) is 0 Å². The Hall–Kier alpha value is -0.160. The van der Waals surface area contributed by atoms with Crippen molar-refractivity contribution in [2.45, 2.75) is 37.9 Å². The lowest BCUT2D eigenvalue weighted by atomic mass is 10.00. The molecule has 0 amide bonds. The molecule has 72 valence electrons. The molecule has 0 aromatic heterocycles. The number of ether oxygens (including phenoxy) is 2. The maximum absolute atomic E-state index is 9.62. The molecule has 0 aromatic rings. The summed E-state index contributed by atoms with van der Waals surface area (Å²) in [5, 5.41) is 12.6. The molecular formula is C8H17NO3. The highest BCUT2D eigenvalue weighted by molar-refractivity contribution is 4.85. The van der Waals surface area contributed by atoms with E-state index >= 15 is 0 Å². The van der Waals surface area contributed by atoms with Crippen molar-refractivity contribution in [3.05, 3.63) is 0 Å². The lowest BCUT2D eigenvalue weighted by Gasteiger charge is -2.37. The van der Waals surface area contributed by atoms with Gasteiger partial charge in [-0.05, 0) is 14.0 Å². The van der Waals surface area contributed by atoms with E-state index in [1.807, 2.05) is 14.0 Å². The van der Waals surface area contributed by atoms with Crippen LogP contribution in [0.2, 0.25) is 0 Å². The molecule has 0 aromatic carbocycles. The third-order valence-electron chi connectivity index (χ3n) is 2.32. The van der Waals surface area contributed by atoms with Gasteiger partial charge >= 0.3 is 0 Å². The van der Waals surface area contributed by atoms with E-state index in [-0.39, 0.29) is 24.5 Å². The summed E-state index contributed by atoms with van der Waals surface area (Å²) in [6, 6.07) is 0.0106. The van der Waals surface area contributed by atoms with Crippen molar-refractivity contribution in [3.8, 4) is 0 Å². The highest BCUT2D eigenvalue weighted by atomic mass is 16.7. The number of hydrogen-bond acceptors (Lipinski definition) is 4. The van der Waals surface area contributed by atoms with E-state index in [1.165, 1.54) is 0 Å². The normalized spacial score (nSPS) is 43.0. The van der Waals surface area contributed by atoms with Crippen molar-refractivity contribution < 1.29 is 14.6 Å². The van der Waals surface area contributed by atoms with Crippen LogP contribution < -0.4 is 5.32 Å². The molecule has 4 heteroatoms. The van der Waals surface area contributed by atoms with Gasteiger partial charge in [-0.2, -0.15) is 0 Å². The summed E-state index contributed by atoms with van der Waals surface area (Å²) >= 11 is 0. The molecular weight excluding hydrogens is 158 g/mol. The Labute approximate surface area is 72.9 Å². The summed E-state index contributed by atoms with van der Waals surface area (Å²) in [5.74, 6) is 0. The Bertz CT molecular complexity index is 130. The molecule has 0 spiro atoms. The average molecular weight is 175 g/mol. The summed E-state index contributed by atoms with van der Waals surface area (Å²) in [6.45, 7) is 1.93. The van der Waals surface area contributed by atoms with Crippen molar-refractivity contribution in [3.63, 3.8) is 0 Å². The number of likely N-dealkylation sites (N-methyl/N-ethyl adjacent to an activating group) is 1. The summed E-state index contributed by atoms with van der Waals surface area (Å²) in [6.07, 6.45) is -0.126. The van der Waals surface area contributed by atoms with Crippen molar-refractivity contribution in [2.24, 2.45) is 0 Å². The van der Waals surface area contributed by atoms with Crippen LogP contribution in [0.1, 0.15) is 13.3 Å². The van der Waals surface area contributed by atoms with Crippen LogP contribution >= 0.6 is 0 Å². The number of nitrogens with one attached hydrogen (secondary N) is 1. The second-order valence-corrected chi connectivity index (χ2v) is 3.12. The minimum absolute atomic E-state index is 0.0105. The SMILES string of the molecule is CN[C@@H]1[C@H](C)OC(OC)C[C@@H]1O. The van der Waals surface area contributed by atoms with Gasteiger partial charge < -0.3 is 19.9 Å². The molecule has 4 atom stereocenters. The summed E-state index contributed by atoms with van der Waals surface area (Å²) in [5.41, 5.74) is 0. The molecule has 1 fully saturated rings. The smallest absolute Gasteiger partial charge is 0.160 e. The first-order chi connectivity index (χ1) is 5.69. The maximum Gasteiger partial charge on any atom is 0.160 e. The highest BCUT2D eigenvalue weighted by Gasteiger charge is 2.34. The van der Waals surface area contributed by atoms with E-state index in [2.05, 4.69) is 5.32 Å². The Kier molecular flexibility index (Phi) is 3.46. The molecule has 12 heavy (non-hydrogen) atoms. The monoisotopic (exact) mass is 175 g/mol. The Morgan fingerprint density at radius 1 is 1.58 bits per heavy atom. The van der Waals surface area contributed by atoms with Crippen LogP contribution in [-0.4, -0.2) is 43.8 Å². The molecule has 0 radical (unpaired) electrons. The fourth-order valence-electron chi connectivity index (χ4n) is 1.62. The largest absolute Gasteiger partial charge is 0.391 e. The zero-order valence-electron chi connectivity index (χ0n) is 7.78. The molecule has 1 saturated heterocycles. The van der Waals surface area contributed by atoms with Crippen LogP contribution in [0, 0.1) is 0 Å². The summed E-state index contributed by atoms with van der Waals surface area (Å²) in [7, 11) is 3.41. The zero-order chi connectivity index (χ0) is 9.14. The molecule has 1 aliphatic heterocycles. The van der Waals surface area contributed by atoms with Crippen molar-refractivity contribution in [2.75, 3.05) is 14.2 Å².